The molecular formula is C15H25ClN2O2. The number of benzene rings is 1. The van der Waals surface area contributed by atoms with E-state index in [-0.39, 0.29) is 29.8 Å². The molecule has 0 saturated heterocycles. The van der Waals surface area contributed by atoms with Crippen LogP contribution in [-0.2, 0) is 9.53 Å². The fourth-order valence-corrected chi connectivity index (χ4v) is 1.86. The molecule has 1 aromatic carbocycles. The van der Waals surface area contributed by atoms with Gasteiger partial charge in [0, 0.05) is 13.7 Å². The van der Waals surface area contributed by atoms with Crippen molar-refractivity contribution in [1.82, 2.24) is 5.32 Å². The Balaban J connectivity index is 0.00000361. The molecular weight excluding hydrogens is 276 g/mol. The molecule has 1 aromatic rings. The van der Waals surface area contributed by atoms with Crippen molar-refractivity contribution >= 4 is 18.3 Å². The predicted molar refractivity (Wildman–Crippen MR) is 83.9 cm³/mol. The lowest BCUT2D eigenvalue weighted by Gasteiger charge is -2.29. The Hall–Kier alpha value is -1.10. The maximum atomic E-state index is 12.0. The second-order valence-corrected chi connectivity index (χ2v) is 5.72. The number of halogens is 1. The minimum Gasteiger partial charge on any atom is -0.379 e. The summed E-state index contributed by atoms with van der Waals surface area (Å²) in [5, 5.41) is 2.85. The Morgan fingerprint density at radius 3 is 2.30 bits per heavy atom. The van der Waals surface area contributed by atoms with Gasteiger partial charge in [0.2, 0.25) is 5.91 Å². The molecule has 4 nitrogen and oxygen atoms in total. The lowest BCUT2D eigenvalue weighted by atomic mass is 9.89. The van der Waals surface area contributed by atoms with Crippen LogP contribution in [0.25, 0.3) is 0 Å². The summed E-state index contributed by atoms with van der Waals surface area (Å²) in [5.74, 6) is -0.183. The summed E-state index contributed by atoms with van der Waals surface area (Å²) in [4.78, 5) is 12.0. The number of rotatable bonds is 5. The van der Waals surface area contributed by atoms with Gasteiger partial charge < -0.3 is 15.8 Å². The van der Waals surface area contributed by atoms with Crippen LogP contribution in [0.5, 0.6) is 0 Å². The van der Waals surface area contributed by atoms with Crippen molar-refractivity contribution in [2.45, 2.75) is 32.9 Å². The van der Waals surface area contributed by atoms with Gasteiger partial charge in [-0.25, -0.2) is 0 Å². The van der Waals surface area contributed by atoms with Crippen LogP contribution in [0.3, 0.4) is 0 Å². The quantitative estimate of drug-likeness (QED) is 0.877. The zero-order chi connectivity index (χ0) is 14.5. The van der Waals surface area contributed by atoms with Crippen molar-refractivity contribution in [1.29, 1.82) is 0 Å². The van der Waals surface area contributed by atoms with Crippen LogP contribution in [0.2, 0.25) is 0 Å². The van der Waals surface area contributed by atoms with Gasteiger partial charge >= 0.3 is 0 Å². The Morgan fingerprint density at radius 1 is 1.30 bits per heavy atom. The van der Waals surface area contributed by atoms with E-state index in [1.54, 1.807) is 7.11 Å². The van der Waals surface area contributed by atoms with Crippen LogP contribution in [0.4, 0.5) is 0 Å². The molecule has 2 atom stereocenters. The summed E-state index contributed by atoms with van der Waals surface area (Å²) in [7, 11) is 1.65. The Morgan fingerprint density at radius 2 is 1.85 bits per heavy atom. The van der Waals surface area contributed by atoms with Crippen LogP contribution in [0, 0.1) is 5.41 Å². The monoisotopic (exact) mass is 300 g/mol. The first kappa shape index (κ1) is 18.9. The number of carbonyl (C=O) groups excluding carboxylic acids is 1. The summed E-state index contributed by atoms with van der Waals surface area (Å²) in [5.41, 5.74) is 6.70. The summed E-state index contributed by atoms with van der Waals surface area (Å²) in [6.45, 7) is 6.68. The number of carbonyl (C=O) groups is 1. The Labute approximate surface area is 127 Å². The number of hydrogen-bond acceptors (Lipinski definition) is 3. The molecule has 0 spiro atoms. The van der Waals surface area contributed by atoms with E-state index in [1.807, 2.05) is 30.3 Å². The highest BCUT2D eigenvalue weighted by Crippen LogP contribution is 2.21. The minimum absolute atomic E-state index is 0. The van der Waals surface area contributed by atoms with Crippen molar-refractivity contribution in [3.63, 3.8) is 0 Å². The van der Waals surface area contributed by atoms with E-state index in [4.69, 9.17) is 10.5 Å². The van der Waals surface area contributed by atoms with E-state index < -0.39 is 6.04 Å². The molecule has 2 unspecified atom stereocenters. The summed E-state index contributed by atoms with van der Waals surface area (Å²) >= 11 is 0. The van der Waals surface area contributed by atoms with Gasteiger partial charge in [0.05, 0.1) is 6.10 Å². The maximum absolute atomic E-state index is 12.0. The van der Waals surface area contributed by atoms with E-state index >= 15 is 0 Å². The Bertz CT molecular complexity index is 404. The van der Waals surface area contributed by atoms with Crippen LogP contribution in [0.1, 0.15) is 32.4 Å². The highest BCUT2D eigenvalue weighted by Gasteiger charge is 2.25. The van der Waals surface area contributed by atoms with Crippen molar-refractivity contribution < 1.29 is 9.53 Å². The van der Waals surface area contributed by atoms with Crippen molar-refractivity contribution in [3.8, 4) is 0 Å². The number of nitrogens with two attached hydrogens (primary N) is 1. The summed E-state index contributed by atoms with van der Waals surface area (Å²) in [6, 6.07) is 8.70. The molecule has 0 fully saturated rings. The molecule has 1 amide bonds. The molecule has 20 heavy (non-hydrogen) atoms. The van der Waals surface area contributed by atoms with E-state index in [2.05, 4.69) is 26.1 Å². The normalized spacial score (nSPS) is 14.1. The third kappa shape index (κ3) is 5.49. The molecule has 3 N–H and O–H groups in total. The third-order valence-corrected chi connectivity index (χ3v) is 3.15. The lowest BCUT2D eigenvalue weighted by molar-refractivity contribution is -0.123. The molecule has 0 saturated carbocycles. The fourth-order valence-electron chi connectivity index (χ4n) is 1.86. The molecule has 0 radical (unpaired) electrons. The summed E-state index contributed by atoms with van der Waals surface area (Å²) in [6.07, 6.45) is -0.0422. The summed E-state index contributed by atoms with van der Waals surface area (Å²) < 4.78 is 5.40. The predicted octanol–water partition coefficient (Wildman–Crippen LogP) is 2.29. The number of methoxy groups -OCH3 is 1. The van der Waals surface area contributed by atoms with Crippen LogP contribution >= 0.6 is 12.4 Å². The van der Waals surface area contributed by atoms with Gasteiger partial charge in [0.25, 0.3) is 0 Å². The molecule has 114 valence electrons. The highest BCUT2D eigenvalue weighted by molar-refractivity contribution is 5.85. The molecule has 0 bridgehead atoms. The number of nitrogens with one attached hydrogen (secondary N) is 1. The molecule has 5 heteroatoms. The van der Waals surface area contributed by atoms with E-state index in [1.165, 1.54) is 0 Å². The van der Waals surface area contributed by atoms with Crippen LogP contribution < -0.4 is 11.1 Å². The van der Waals surface area contributed by atoms with Gasteiger partial charge in [-0.05, 0) is 11.0 Å². The average molecular weight is 301 g/mol. The maximum Gasteiger partial charge on any atom is 0.241 e. The zero-order valence-corrected chi connectivity index (χ0v) is 13.4. The Kier molecular flexibility index (Phi) is 7.79. The SMILES string of the molecule is COC(CNC(=O)C(N)c1ccccc1)C(C)(C)C.Cl. The smallest absolute Gasteiger partial charge is 0.241 e. The van der Waals surface area contributed by atoms with E-state index in [9.17, 15) is 4.79 Å². The third-order valence-electron chi connectivity index (χ3n) is 3.15. The topological polar surface area (TPSA) is 64.3 Å². The largest absolute Gasteiger partial charge is 0.379 e. The van der Waals surface area contributed by atoms with Gasteiger partial charge in [0.1, 0.15) is 6.04 Å². The fraction of sp³-hybridized carbons (Fsp3) is 0.533. The van der Waals surface area contributed by atoms with Gasteiger partial charge in [-0.15, -0.1) is 12.4 Å². The molecule has 0 aromatic heterocycles. The second-order valence-electron chi connectivity index (χ2n) is 5.72. The molecule has 0 aliphatic heterocycles. The number of ether oxygens (including phenoxy) is 1. The number of hydrogen-bond donors (Lipinski definition) is 2. The highest BCUT2D eigenvalue weighted by atomic mass is 35.5. The first-order valence-electron chi connectivity index (χ1n) is 6.47. The van der Waals surface area contributed by atoms with Gasteiger partial charge in [-0.1, -0.05) is 51.1 Å². The molecule has 0 heterocycles. The van der Waals surface area contributed by atoms with Crippen LogP contribution in [0.15, 0.2) is 30.3 Å². The van der Waals surface area contributed by atoms with Gasteiger partial charge in [-0.2, -0.15) is 0 Å². The van der Waals surface area contributed by atoms with Gasteiger partial charge in [-0.3, -0.25) is 4.79 Å². The van der Waals surface area contributed by atoms with Crippen molar-refractivity contribution in [2.75, 3.05) is 13.7 Å². The molecule has 0 aliphatic rings. The van der Waals surface area contributed by atoms with Crippen molar-refractivity contribution in [3.05, 3.63) is 35.9 Å². The lowest BCUT2D eigenvalue weighted by Crippen LogP contribution is -2.43. The number of amides is 1. The average Bonchev–Trinajstić information content (AvgIpc) is 2.37. The van der Waals surface area contributed by atoms with E-state index in [0.717, 1.165) is 5.56 Å². The molecule has 0 aliphatic carbocycles. The molecule has 1 rings (SSSR count). The standard InChI is InChI=1S/C15H24N2O2.ClH/c1-15(2,3)12(19-4)10-17-14(18)13(16)11-8-6-5-7-9-11;/h5-9,12-13H,10,16H2,1-4H3,(H,17,18);1H. The second kappa shape index (κ2) is 8.25. The van der Waals surface area contributed by atoms with E-state index in [0.29, 0.717) is 6.54 Å². The van der Waals surface area contributed by atoms with Crippen molar-refractivity contribution in [2.24, 2.45) is 11.1 Å². The zero-order valence-electron chi connectivity index (χ0n) is 12.6. The first-order valence-corrected chi connectivity index (χ1v) is 6.47. The van der Waals surface area contributed by atoms with Crippen LogP contribution in [-0.4, -0.2) is 25.7 Å². The van der Waals surface area contributed by atoms with Gasteiger partial charge in [0.15, 0.2) is 0 Å². The first-order chi connectivity index (χ1) is 8.86. The minimum atomic E-state index is -0.640.